The number of oxazole rings is 1. The lowest BCUT2D eigenvalue weighted by atomic mass is 10.0. The van der Waals surface area contributed by atoms with E-state index in [1.165, 1.54) is 0 Å². The van der Waals surface area contributed by atoms with E-state index in [0.717, 1.165) is 44.3 Å². The van der Waals surface area contributed by atoms with Crippen molar-refractivity contribution in [3.8, 4) is 17.2 Å². The number of benzene rings is 4. The smallest absolute Gasteiger partial charge is 0.227 e. The second-order valence-electron chi connectivity index (χ2n) is 6.95. The van der Waals surface area contributed by atoms with Crippen LogP contribution in [0.5, 0.6) is 5.75 Å². The summed E-state index contributed by atoms with van der Waals surface area (Å²) in [6.45, 7) is 2.60. The Kier molecular flexibility index (Phi) is 4.06. The molecule has 0 amide bonds. The lowest BCUT2D eigenvalue weighted by molar-refractivity contribution is 0.306. The van der Waals surface area contributed by atoms with E-state index in [1.54, 1.807) is 0 Å². The molecule has 0 aliphatic heterocycles. The second-order valence-corrected chi connectivity index (χ2v) is 6.95. The molecule has 0 unspecified atom stereocenters. The minimum atomic E-state index is 0.552. The highest BCUT2D eigenvalue weighted by Crippen LogP contribution is 2.32. The Morgan fingerprint density at radius 1 is 0.857 bits per heavy atom. The van der Waals surface area contributed by atoms with Gasteiger partial charge in [-0.15, -0.1) is 0 Å². The van der Waals surface area contributed by atoms with E-state index in [9.17, 15) is 0 Å². The van der Waals surface area contributed by atoms with Crippen LogP contribution in [0.15, 0.2) is 89.3 Å². The largest absolute Gasteiger partial charge is 0.489 e. The van der Waals surface area contributed by atoms with Gasteiger partial charge in [0.2, 0.25) is 5.89 Å². The van der Waals surface area contributed by atoms with E-state index in [2.05, 4.69) is 42.2 Å². The number of fused-ring (bicyclic) bond motifs is 2. The molecule has 3 nitrogen and oxygen atoms in total. The highest BCUT2D eigenvalue weighted by molar-refractivity contribution is 5.96. The van der Waals surface area contributed by atoms with Gasteiger partial charge in [-0.05, 0) is 65.2 Å². The summed E-state index contributed by atoms with van der Waals surface area (Å²) in [7, 11) is 0. The number of hydrogen-bond acceptors (Lipinski definition) is 3. The van der Waals surface area contributed by atoms with Gasteiger partial charge in [-0.3, -0.25) is 0 Å². The van der Waals surface area contributed by atoms with E-state index >= 15 is 0 Å². The van der Waals surface area contributed by atoms with Crippen molar-refractivity contribution in [2.75, 3.05) is 0 Å². The highest BCUT2D eigenvalue weighted by atomic mass is 16.5. The van der Waals surface area contributed by atoms with Crippen LogP contribution in [0.1, 0.15) is 11.1 Å². The van der Waals surface area contributed by atoms with Gasteiger partial charge in [0.1, 0.15) is 17.9 Å². The molecule has 28 heavy (non-hydrogen) atoms. The standard InChI is InChI=1S/C25H19NO2/c1-17-10-13-23-24(14-17)28-25(26-23)22-9-5-8-19-15-20(11-12-21(19)22)27-16-18-6-3-2-4-7-18/h2-15H,16H2,1H3. The molecular formula is C25H19NO2. The summed E-state index contributed by atoms with van der Waals surface area (Å²) in [5.74, 6) is 1.49. The molecule has 136 valence electrons. The molecule has 0 fully saturated rings. The molecule has 4 aromatic carbocycles. The second kappa shape index (κ2) is 6.86. The Bertz CT molecular complexity index is 1270. The minimum absolute atomic E-state index is 0.552. The van der Waals surface area contributed by atoms with E-state index in [0.29, 0.717) is 12.5 Å². The quantitative estimate of drug-likeness (QED) is 0.363. The Morgan fingerprint density at radius 2 is 1.75 bits per heavy atom. The number of ether oxygens (including phenoxy) is 1. The summed E-state index contributed by atoms with van der Waals surface area (Å²) in [6, 6.07) is 28.5. The van der Waals surface area contributed by atoms with E-state index in [1.807, 2.05) is 54.6 Å². The van der Waals surface area contributed by atoms with Crippen LogP contribution in [0.4, 0.5) is 0 Å². The van der Waals surface area contributed by atoms with Crippen LogP contribution >= 0.6 is 0 Å². The normalized spacial score (nSPS) is 11.2. The first-order chi connectivity index (χ1) is 13.8. The Morgan fingerprint density at radius 3 is 2.64 bits per heavy atom. The predicted octanol–water partition coefficient (Wildman–Crippen LogP) is 6.54. The van der Waals surface area contributed by atoms with Crippen molar-refractivity contribution in [2.45, 2.75) is 13.5 Å². The minimum Gasteiger partial charge on any atom is -0.489 e. The van der Waals surface area contributed by atoms with E-state index in [-0.39, 0.29) is 0 Å². The fraction of sp³-hybridized carbons (Fsp3) is 0.0800. The Labute approximate surface area is 163 Å². The molecule has 5 rings (SSSR count). The number of aryl methyl sites for hydroxylation is 1. The van der Waals surface area contributed by atoms with Crippen molar-refractivity contribution in [1.29, 1.82) is 0 Å². The molecule has 0 aliphatic carbocycles. The lowest BCUT2D eigenvalue weighted by Gasteiger charge is -2.09. The molecule has 0 atom stereocenters. The van der Waals surface area contributed by atoms with Crippen LogP contribution in [0.2, 0.25) is 0 Å². The molecule has 0 bridgehead atoms. The van der Waals surface area contributed by atoms with Gasteiger partial charge >= 0.3 is 0 Å². The number of nitrogens with zero attached hydrogens (tertiary/aromatic N) is 1. The zero-order valence-electron chi connectivity index (χ0n) is 15.6. The third kappa shape index (κ3) is 3.12. The van der Waals surface area contributed by atoms with Crippen molar-refractivity contribution in [3.63, 3.8) is 0 Å². The number of hydrogen-bond donors (Lipinski definition) is 0. The van der Waals surface area contributed by atoms with Crippen molar-refractivity contribution < 1.29 is 9.15 Å². The van der Waals surface area contributed by atoms with Crippen LogP contribution in [-0.4, -0.2) is 4.98 Å². The monoisotopic (exact) mass is 365 g/mol. The fourth-order valence-electron chi connectivity index (χ4n) is 3.43. The molecule has 1 aromatic heterocycles. The lowest BCUT2D eigenvalue weighted by Crippen LogP contribution is -1.94. The van der Waals surface area contributed by atoms with Gasteiger partial charge in [0.25, 0.3) is 0 Å². The van der Waals surface area contributed by atoms with Crippen LogP contribution in [0.25, 0.3) is 33.3 Å². The molecule has 0 N–H and O–H groups in total. The van der Waals surface area contributed by atoms with Gasteiger partial charge < -0.3 is 9.15 Å². The average Bonchev–Trinajstić information content (AvgIpc) is 3.15. The van der Waals surface area contributed by atoms with Gasteiger partial charge in [-0.25, -0.2) is 4.98 Å². The zero-order chi connectivity index (χ0) is 18.9. The molecule has 1 heterocycles. The highest BCUT2D eigenvalue weighted by Gasteiger charge is 2.12. The summed E-state index contributed by atoms with van der Waals surface area (Å²) < 4.78 is 12.0. The first kappa shape index (κ1) is 16.6. The maximum absolute atomic E-state index is 6.04. The van der Waals surface area contributed by atoms with E-state index in [4.69, 9.17) is 9.15 Å². The van der Waals surface area contributed by atoms with Crippen molar-refractivity contribution >= 4 is 21.9 Å². The molecule has 0 aliphatic rings. The molecule has 5 aromatic rings. The van der Waals surface area contributed by atoms with Crippen molar-refractivity contribution in [1.82, 2.24) is 4.98 Å². The Balaban J connectivity index is 1.50. The summed E-state index contributed by atoms with van der Waals surface area (Å²) in [4.78, 5) is 4.67. The third-order valence-electron chi connectivity index (χ3n) is 4.87. The van der Waals surface area contributed by atoms with Gasteiger partial charge in [0.15, 0.2) is 5.58 Å². The van der Waals surface area contributed by atoms with Crippen LogP contribution in [0.3, 0.4) is 0 Å². The maximum atomic E-state index is 6.04. The summed E-state index contributed by atoms with van der Waals surface area (Å²) >= 11 is 0. The predicted molar refractivity (Wildman–Crippen MR) is 112 cm³/mol. The first-order valence-electron chi connectivity index (χ1n) is 9.33. The van der Waals surface area contributed by atoms with Crippen LogP contribution in [-0.2, 0) is 6.61 Å². The molecule has 3 heteroatoms. The van der Waals surface area contributed by atoms with Gasteiger partial charge in [0, 0.05) is 5.56 Å². The molecule has 0 saturated heterocycles. The number of rotatable bonds is 4. The summed E-state index contributed by atoms with van der Waals surface area (Å²) in [5, 5.41) is 2.19. The molecule has 0 spiro atoms. The molecule has 0 radical (unpaired) electrons. The maximum Gasteiger partial charge on any atom is 0.227 e. The molecular weight excluding hydrogens is 346 g/mol. The van der Waals surface area contributed by atoms with Crippen molar-refractivity contribution in [2.24, 2.45) is 0 Å². The summed E-state index contributed by atoms with van der Waals surface area (Å²) in [5.41, 5.74) is 4.99. The fourth-order valence-corrected chi connectivity index (χ4v) is 3.43. The zero-order valence-corrected chi connectivity index (χ0v) is 15.6. The van der Waals surface area contributed by atoms with E-state index < -0.39 is 0 Å². The van der Waals surface area contributed by atoms with Crippen LogP contribution < -0.4 is 4.74 Å². The summed E-state index contributed by atoms with van der Waals surface area (Å²) in [6.07, 6.45) is 0. The topological polar surface area (TPSA) is 35.3 Å². The van der Waals surface area contributed by atoms with Gasteiger partial charge in [-0.1, -0.05) is 48.5 Å². The SMILES string of the molecule is Cc1ccc2nc(-c3cccc4cc(OCc5ccccc5)ccc34)oc2c1. The average molecular weight is 365 g/mol. The molecule has 0 saturated carbocycles. The first-order valence-corrected chi connectivity index (χ1v) is 9.33. The van der Waals surface area contributed by atoms with Crippen LogP contribution in [0, 0.1) is 6.92 Å². The van der Waals surface area contributed by atoms with Gasteiger partial charge in [0.05, 0.1) is 0 Å². The number of aromatic nitrogens is 1. The third-order valence-corrected chi connectivity index (χ3v) is 4.87. The Hall–Kier alpha value is -3.59. The van der Waals surface area contributed by atoms with Gasteiger partial charge in [-0.2, -0.15) is 0 Å². The van der Waals surface area contributed by atoms with Crippen molar-refractivity contribution in [3.05, 3.63) is 96.1 Å².